The van der Waals surface area contributed by atoms with Gasteiger partial charge in [0.2, 0.25) is 5.91 Å². The third-order valence-electron chi connectivity index (χ3n) is 10.4. The van der Waals surface area contributed by atoms with Crippen LogP contribution in [0.5, 0.6) is 0 Å². The zero-order chi connectivity index (χ0) is 42.5. The van der Waals surface area contributed by atoms with Gasteiger partial charge in [0, 0.05) is 50.4 Å². The molecule has 0 spiro atoms. The number of nitrogens with zero attached hydrogens (tertiary/aromatic N) is 6. The molecule has 3 heterocycles. The van der Waals surface area contributed by atoms with Crippen molar-refractivity contribution in [3.05, 3.63) is 106 Å². The van der Waals surface area contributed by atoms with Crippen molar-refractivity contribution in [2.75, 3.05) is 26.7 Å². The molecule has 16 nitrogen and oxygen atoms in total. The van der Waals surface area contributed by atoms with Crippen molar-refractivity contribution in [1.82, 2.24) is 40.6 Å². The summed E-state index contributed by atoms with van der Waals surface area (Å²) in [7, 11) is 1.60. The van der Waals surface area contributed by atoms with E-state index >= 15 is 0 Å². The van der Waals surface area contributed by atoms with Gasteiger partial charge in [-0.25, -0.2) is 19.6 Å². The van der Waals surface area contributed by atoms with Crippen molar-refractivity contribution in [3.63, 3.8) is 0 Å². The number of aromatic nitrogens is 2. The van der Waals surface area contributed by atoms with E-state index in [1.54, 1.807) is 30.0 Å². The second kappa shape index (κ2) is 21.5. The van der Waals surface area contributed by atoms with Gasteiger partial charge in [-0.2, -0.15) is 5.06 Å². The molecule has 1 aliphatic rings. The molecule has 4 aromatic rings. The number of carboxylic acid groups (broad SMARTS) is 1. The maximum atomic E-state index is 14.5. The highest BCUT2D eigenvalue weighted by Gasteiger charge is 2.41. The van der Waals surface area contributed by atoms with Gasteiger partial charge in [-0.05, 0) is 42.0 Å². The number of rotatable bonds is 21. The van der Waals surface area contributed by atoms with Crippen molar-refractivity contribution < 1.29 is 39.3 Å². The van der Waals surface area contributed by atoms with E-state index < -0.39 is 42.1 Å². The maximum Gasteiger partial charge on any atom is 0.432 e. The van der Waals surface area contributed by atoms with Crippen LogP contribution in [0.25, 0.3) is 11.3 Å². The zero-order valence-corrected chi connectivity index (χ0v) is 34.6. The molecule has 1 aliphatic heterocycles. The molecule has 17 heteroatoms. The lowest BCUT2D eigenvalue weighted by molar-refractivity contribution is -0.149. The minimum Gasteiger partial charge on any atom is -0.463 e. The van der Waals surface area contributed by atoms with E-state index in [4.69, 9.17) is 4.74 Å². The number of hydrogen-bond acceptors (Lipinski definition) is 11. The highest BCUT2D eigenvalue weighted by Crippen LogP contribution is 2.24. The Bertz CT molecular complexity index is 1970. The molecule has 0 radical (unpaired) electrons. The number of aliphatic hydroxyl groups excluding tert-OH is 1. The number of urea groups is 1. The minimum absolute atomic E-state index is 0.0290. The van der Waals surface area contributed by atoms with Crippen molar-refractivity contribution in [2.45, 2.75) is 84.0 Å². The number of nitrogens with one attached hydrogen (secondary N) is 2. The summed E-state index contributed by atoms with van der Waals surface area (Å²) in [6, 6.07) is 19.0. The smallest absolute Gasteiger partial charge is 0.432 e. The molecule has 5 atom stereocenters. The summed E-state index contributed by atoms with van der Waals surface area (Å²) in [5, 5.41) is 38.8. The van der Waals surface area contributed by atoms with E-state index in [0.717, 1.165) is 33.1 Å². The zero-order valence-electron chi connectivity index (χ0n) is 33.8. The Kier molecular flexibility index (Phi) is 16.3. The molecule has 0 saturated carbocycles. The van der Waals surface area contributed by atoms with Crippen LogP contribution in [0.2, 0.25) is 0 Å². The van der Waals surface area contributed by atoms with E-state index in [-0.39, 0.29) is 42.9 Å². The SMILES string of the molecule is CCC(C)C(C(=O)NC(Cc1ccccc1)C(O)CN(Cc1ccc(-c2ccccn2)cc1)NC(=O)C(CC)N(O)C(=O)O)N1CCN(Cc2csc(COC)n2)C1=O. The number of hydrogen-bond donors (Lipinski definition) is 5. The standard InChI is InChI=1S/C42H54N8O8S/c1-5-28(3)38(49-21-20-47(41(49)54)24-32-27-59-37(44-32)26-58-4)40(53)45-34(22-29-12-8-7-9-13-29)36(51)25-48(46-39(52)35(6-2)50(57)42(55)56)23-30-15-17-31(18-16-30)33-14-10-11-19-43-33/h7-19,27-28,34-36,38,51,57H,5-6,20-26H2,1-4H3,(H,45,53)(H,46,52)(H,55,56). The van der Waals surface area contributed by atoms with Gasteiger partial charge in [-0.3, -0.25) is 25.2 Å². The second-order valence-corrected chi connectivity index (χ2v) is 15.5. The van der Waals surface area contributed by atoms with Crippen LogP contribution in [0, 0.1) is 5.92 Å². The van der Waals surface area contributed by atoms with Crippen molar-refractivity contribution in [1.29, 1.82) is 0 Å². The molecule has 0 bridgehead atoms. The predicted molar refractivity (Wildman–Crippen MR) is 221 cm³/mol. The summed E-state index contributed by atoms with van der Waals surface area (Å²) in [4.78, 5) is 65.7. The first kappa shape index (κ1) is 44.6. The van der Waals surface area contributed by atoms with Gasteiger partial charge in [0.15, 0.2) is 0 Å². The molecule has 5 N–H and O–H groups in total. The molecule has 316 valence electrons. The van der Waals surface area contributed by atoms with Crippen molar-refractivity contribution >= 4 is 35.3 Å². The van der Waals surface area contributed by atoms with Gasteiger partial charge < -0.3 is 30.1 Å². The van der Waals surface area contributed by atoms with Gasteiger partial charge in [-0.1, -0.05) is 87.9 Å². The Morgan fingerprint density at radius 2 is 1.69 bits per heavy atom. The summed E-state index contributed by atoms with van der Waals surface area (Å²) >= 11 is 1.46. The Balaban J connectivity index is 1.38. The molecule has 1 saturated heterocycles. The quantitative estimate of drug-likeness (QED) is 0.0572. The summed E-state index contributed by atoms with van der Waals surface area (Å²) in [5.74, 6) is -1.46. The number of hydroxylamine groups is 2. The summed E-state index contributed by atoms with van der Waals surface area (Å²) in [5.41, 5.74) is 6.68. The lowest BCUT2D eigenvalue weighted by Gasteiger charge is -2.35. The fraction of sp³-hybridized carbons (Fsp3) is 0.429. The van der Waals surface area contributed by atoms with Gasteiger partial charge in [0.05, 0.1) is 36.7 Å². The monoisotopic (exact) mass is 830 g/mol. The number of benzene rings is 2. The number of ether oxygens (including phenoxy) is 1. The Morgan fingerprint density at radius 1 is 0.966 bits per heavy atom. The molecule has 59 heavy (non-hydrogen) atoms. The molecule has 0 aliphatic carbocycles. The number of carbonyl (C=O) groups excluding carboxylic acids is 3. The van der Waals surface area contributed by atoms with Gasteiger partial charge >= 0.3 is 12.1 Å². The molecule has 5 amide bonds. The number of amides is 5. The summed E-state index contributed by atoms with van der Waals surface area (Å²) in [6.07, 6.45) is -0.481. The van der Waals surface area contributed by atoms with E-state index in [1.807, 2.05) is 92.0 Å². The van der Waals surface area contributed by atoms with E-state index in [1.165, 1.54) is 16.3 Å². The number of aliphatic hydroxyl groups is 1. The van der Waals surface area contributed by atoms with Crippen LogP contribution in [0.4, 0.5) is 9.59 Å². The van der Waals surface area contributed by atoms with Gasteiger partial charge in [-0.15, -0.1) is 11.3 Å². The van der Waals surface area contributed by atoms with Crippen LogP contribution in [0.15, 0.2) is 84.4 Å². The summed E-state index contributed by atoms with van der Waals surface area (Å²) < 4.78 is 5.19. The van der Waals surface area contributed by atoms with Gasteiger partial charge in [0.1, 0.15) is 17.1 Å². The number of hydrazine groups is 1. The van der Waals surface area contributed by atoms with Crippen LogP contribution < -0.4 is 10.7 Å². The topological polar surface area (TPSA) is 201 Å². The lowest BCUT2D eigenvalue weighted by Crippen LogP contribution is -2.59. The van der Waals surface area contributed by atoms with Crippen LogP contribution in [0.1, 0.15) is 55.4 Å². The highest BCUT2D eigenvalue weighted by atomic mass is 32.1. The number of carbonyl (C=O) groups is 4. The minimum atomic E-state index is -1.69. The third kappa shape index (κ3) is 12.0. The van der Waals surface area contributed by atoms with Crippen molar-refractivity contribution in [2.24, 2.45) is 5.92 Å². The number of methoxy groups -OCH3 is 1. The van der Waals surface area contributed by atoms with E-state index in [0.29, 0.717) is 32.7 Å². The fourth-order valence-corrected chi connectivity index (χ4v) is 7.79. The van der Waals surface area contributed by atoms with Crippen LogP contribution in [-0.4, -0.2) is 120 Å². The average molecular weight is 831 g/mol. The largest absolute Gasteiger partial charge is 0.463 e. The van der Waals surface area contributed by atoms with Crippen LogP contribution in [-0.2, 0) is 40.4 Å². The first-order chi connectivity index (χ1) is 28.4. The average Bonchev–Trinajstić information content (AvgIpc) is 3.83. The maximum absolute atomic E-state index is 14.5. The molecule has 2 aromatic carbocycles. The molecular formula is C42H54N8O8S. The third-order valence-corrected chi connectivity index (χ3v) is 11.2. The van der Waals surface area contributed by atoms with E-state index in [9.17, 15) is 34.6 Å². The van der Waals surface area contributed by atoms with Crippen molar-refractivity contribution in [3.8, 4) is 11.3 Å². The predicted octanol–water partition coefficient (Wildman–Crippen LogP) is 4.77. The fourth-order valence-electron chi connectivity index (χ4n) is 7.03. The molecule has 2 aromatic heterocycles. The van der Waals surface area contributed by atoms with Crippen LogP contribution >= 0.6 is 11.3 Å². The molecule has 5 unspecified atom stereocenters. The number of pyridine rings is 1. The Labute approximate surface area is 348 Å². The highest BCUT2D eigenvalue weighted by molar-refractivity contribution is 7.09. The second-order valence-electron chi connectivity index (χ2n) is 14.6. The lowest BCUT2D eigenvalue weighted by atomic mass is 9.95. The van der Waals surface area contributed by atoms with Crippen LogP contribution in [0.3, 0.4) is 0 Å². The number of thiazole rings is 1. The normalized spacial score (nSPS) is 15.4. The molecule has 1 fully saturated rings. The first-order valence-electron chi connectivity index (χ1n) is 19.7. The summed E-state index contributed by atoms with van der Waals surface area (Å²) in [6.45, 7) is 6.73. The molecular weight excluding hydrogens is 777 g/mol. The molecule has 5 rings (SSSR count). The van der Waals surface area contributed by atoms with E-state index in [2.05, 4.69) is 20.7 Å². The van der Waals surface area contributed by atoms with Gasteiger partial charge in [0.25, 0.3) is 5.91 Å². The first-order valence-corrected chi connectivity index (χ1v) is 20.6. The Morgan fingerprint density at radius 3 is 2.34 bits per heavy atom. The Hall–Kier alpha value is -5.46.